The van der Waals surface area contributed by atoms with Gasteiger partial charge in [0.1, 0.15) is 11.5 Å². The standard InChI is InChI=1S/C20H24O3.ClH/c1-13-11-16(7-9-18(13)22-6)20(4,5)17-8-10-19(14(2)12-17)23-15(3)21;/h7-12H,1-6H3;1H. The number of rotatable bonds is 4. The maximum atomic E-state index is 11.1. The second kappa shape index (κ2) is 7.71. The average molecular weight is 349 g/mol. The average Bonchev–Trinajstić information content (AvgIpc) is 2.48. The Bertz CT molecular complexity index is 736. The van der Waals surface area contributed by atoms with E-state index in [2.05, 4.69) is 32.0 Å². The topological polar surface area (TPSA) is 35.5 Å². The quantitative estimate of drug-likeness (QED) is 0.577. The third-order valence-electron chi connectivity index (χ3n) is 4.27. The van der Waals surface area contributed by atoms with Gasteiger partial charge in [-0.15, -0.1) is 12.4 Å². The largest absolute Gasteiger partial charge is 0.496 e. The molecule has 0 atom stereocenters. The van der Waals surface area contributed by atoms with Crippen molar-refractivity contribution in [2.75, 3.05) is 7.11 Å². The summed E-state index contributed by atoms with van der Waals surface area (Å²) in [7, 11) is 1.68. The highest BCUT2D eigenvalue weighted by atomic mass is 35.5. The van der Waals surface area contributed by atoms with Crippen molar-refractivity contribution >= 4 is 18.4 Å². The predicted octanol–water partition coefficient (Wildman–Crippen LogP) is 4.99. The monoisotopic (exact) mass is 348 g/mol. The fourth-order valence-electron chi connectivity index (χ4n) is 2.74. The Kier molecular flexibility index (Phi) is 6.44. The van der Waals surface area contributed by atoms with Gasteiger partial charge in [0.15, 0.2) is 0 Å². The molecule has 0 N–H and O–H groups in total. The van der Waals surface area contributed by atoms with E-state index in [-0.39, 0.29) is 23.8 Å². The molecule has 0 saturated heterocycles. The van der Waals surface area contributed by atoms with Crippen LogP contribution in [0, 0.1) is 13.8 Å². The van der Waals surface area contributed by atoms with Gasteiger partial charge in [-0.25, -0.2) is 0 Å². The van der Waals surface area contributed by atoms with Gasteiger partial charge in [-0.2, -0.15) is 0 Å². The normalized spacial score (nSPS) is 10.8. The van der Waals surface area contributed by atoms with Gasteiger partial charge in [0, 0.05) is 12.3 Å². The van der Waals surface area contributed by atoms with E-state index < -0.39 is 0 Å². The molecule has 0 spiro atoms. The second-order valence-electron chi connectivity index (χ2n) is 6.38. The Labute approximate surface area is 150 Å². The van der Waals surface area contributed by atoms with Crippen molar-refractivity contribution in [3.8, 4) is 11.5 Å². The van der Waals surface area contributed by atoms with Crippen molar-refractivity contribution in [3.05, 3.63) is 58.7 Å². The van der Waals surface area contributed by atoms with Gasteiger partial charge >= 0.3 is 5.97 Å². The first-order valence-electron chi connectivity index (χ1n) is 7.70. The molecule has 0 aliphatic rings. The number of ether oxygens (including phenoxy) is 2. The van der Waals surface area contributed by atoms with Gasteiger partial charge in [0.05, 0.1) is 7.11 Å². The summed E-state index contributed by atoms with van der Waals surface area (Å²) >= 11 is 0. The number of carbonyl (C=O) groups is 1. The van der Waals surface area contributed by atoms with E-state index in [4.69, 9.17) is 9.47 Å². The van der Waals surface area contributed by atoms with Crippen LogP contribution in [0.25, 0.3) is 0 Å². The number of benzene rings is 2. The summed E-state index contributed by atoms with van der Waals surface area (Å²) in [4.78, 5) is 11.1. The molecule has 0 amide bonds. The van der Waals surface area contributed by atoms with E-state index >= 15 is 0 Å². The Morgan fingerprint density at radius 2 is 1.38 bits per heavy atom. The zero-order valence-electron chi connectivity index (χ0n) is 15.1. The molecule has 0 heterocycles. The van der Waals surface area contributed by atoms with Crippen molar-refractivity contribution in [2.45, 2.75) is 40.0 Å². The number of carbonyl (C=O) groups excluding carboxylic acids is 1. The summed E-state index contributed by atoms with van der Waals surface area (Å²) < 4.78 is 10.6. The van der Waals surface area contributed by atoms with Crippen molar-refractivity contribution in [3.63, 3.8) is 0 Å². The van der Waals surface area contributed by atoms with Crippen molar-refractivity contribution in [1.29, 1.82) is 0 Å². The van der Waals surface area contributed by atoms with Gasteiger partial charge in [0.25, 0.3) is 0 Å². The molecule has 2 aromatic carbocycles. The summed E-state index contributed by atoms with van der Waals surface area (Å²) in [6, 6.07) is 12.2. The molecule has 0 aliphatic carbocycles. The van der Waals surface area contributed by atoms with E-state index in [0.717, 1.165) is 16.9 Å². The third-order valence-corrected chi connectivity index (χ3v) is 4.27. The first-order chi connectivity index (χ1) is 10.8. The SMILES string of the molecule is COc1ccc(C(C)(C)c2ccc(OC(C)=O)c(C)c2)cc1C.Cl. The first kappa shape index (κ1) is 20.0. The minimum atomic E-state index is -0.300. The molecule has 0 aliphatic heterocycles. The Morgan fingerprint density at radius 3 is 1.75 bits per heavy atom. The molecule has 4 heteroatoms. The van der Waals surface area contributed by atoms with Crippen LogP contribution in [0.3, 0.4) is 0 Å². The zero-order chi connectivity index (χ0) is 17.2. The van der Waals surface area contributed by atoms with Crippen molar-refractivity contribution in [2.24, 2.45) is 0 Å². The molecule has 0 bridgehead atoms. The van der Waals surface area contributed by atoms with E-state index in [1.54, 1.807) is 7.11 Å². The summed E-state index contributed by atoms with van der Waals surface area (Å²) in [5, 5.41) is 0. The molecular weight excluding hydrogens is 324 g/mol. The molecule has 0 radical (unpaired) electrons. The van der Waals surface area contributed by atoms with Crippen LogP contribution in [-0.4, -0.2) is 13.1 Å². The highest BCUT2D eigenvalue weighted by Gasteiger charge is 2.24. The molecule has 0 aromatic heterocycles. The Hall–Kier alpha value is -2.00. The Morgan fingerprint density at radius 1 is 0.917 bits per heavy atom. The van der Waals surface area contributed by atoms with Gasteiger partial charge < -0.3 is 9.47 Å². The third kappa shape index (κ3) is 4.09. The first-order valence-corrected chi connectivity index (χ1v) is 7.70. The van der Waals surface area contributed by atoms with E-state index in [1.807, 2.05) is 32.0 Å². The minimum Gasteiger partial charge on any atom is -0.496 e. The lowest BCUT2D eigenvalue weighted by Crippen LogP contribution is -2.19. The van der Waals surface area contributed by atoms with E-state index in [9.17, 15) is 4.79 Å². The van der Waals surface area contributed by atoms with E-state index in [0.29, 0.717) is 5.75 Å². The molecule has 2 aromatic rings. The fourth-order valence-corrected chi connectivity index (χ4v) is 2.74. The molecule has 0 fully saturated rings. The van der Waals surface area contributed by atoms with E-state index in [1.165, 1.54) is 18.1 Å². The molecule has 130 valence electrons. The minimum absolute atomic E-state index is 0. The molecule has 24 heavy (non-hydrogen) atoms. The van der Waals surface area contributed by atoms with Crippen LogP contribution in [0.15, 0.2) is 36.4 Å². The van der Waals surface area contributed by atoms with Gasteiger partial charge in [0.2, 0.25) is 0 Å². The number of methoxy groups -OCH3 is 1. The fraction of sp³-hybridized carbons (Fsp3) is 0.350. The van der Waals surface area contributed by atoms with Gasteiger partial charge in [-0.05, 0) is 48.2 Å². The lowest BCUT2D eigenvalue weighted by molar-refractivity contribution is -0.131. The lowest BCUT2D eigenvalue weighted by atomic mass is 9.77. The zero-order valence-corrected chi connectivity index (χ0v) is 15.9. The smallest absolute Gasteiger partial charge is 0.308 e. The van der Waals surface area contributed by atoms with Crippen LogP contribution in [0.4, 0.5) is 0 Å². The number of hydrogen-bond acceptors (Lipinski definition) is 3. The molecule has 2 rings (SSSR count). The highest BCUT2D eigenvalue weighted by Crippen LogP contribution is 2.35. The maximum Gasteiger partial charge on any atom is 0.308 e. The van der Waals surface area contributed by atoms with Crippen LogP contribution in [-0.2, 0) is 10.2 Å². The molecule has 3 nitrogen and oxygen atoms in total. The summed E-state index contributed by atoms with van der Waals surface area (Å²) in [6.07, 6.45) is 0. The van der Waals surface area contributed by atoms with Crippen molar-refractivity contribution in [1.82, 2.24) is 0 Å². The van der Waals surface area contributed by atoms with Gasteiger partial charge in [-0.1, -0.05) is 38.1 Å². The Balaban J connectivity index is 0.00000288. The molecule has 0 saturated carbocycles. The number of hydrogen-bond donors (Lipinski definition) is 0. The summed E-state index contributed by atoms with van der Waals surface area (Å²) in [5.74, 6) is 1.21. The number of esters is 1. The molecule has 0 unspecified atom stereocenters. The van der Waals surface area contributed by atoms with Crippen molar-refractivity contribution < 1.29 is 14.3 Å². The van der Waals surface area contributed by atoms with Crippen LogP contribution in [0.1, 0.15) is 43.0 Å². The maximum absolute atomic E-state index is 11.1. The lowest BCUT2D eigenvalue weighted by Gasteiger charge is -2.27. The van der Waals surface area contributed by atoms with Crippen LogP contribution < -0.4 is 9.47 Å². The molecular formula is C20H25ClO3. The van der Waals surface area contributed by atoms with Crippen LogP contribution in [0.2, 0.25) is 0 Å². The number of halogens is 1. The summed E-state index contributed by atoms with van der Waals surface area (Å²) in [5.41, 5.74) is 4.31. The number of aryl methyl sites for hydroxylation is 2. The second-order valence-corrected chi connectivity index (χ2v) is 6.38. The van der Waals surface area contributed by atoms with Crippen LogP contribution >= 0.6 is 12.4 Å². The van der Waals surface area contributed by atoms with Crippen LogP contribution in [0.5, 0.6) is 11.5 Å². The highest BCUT2D eigenvalue weighted by molar-refractivity contribution is 5.85. The van der Waals surface area contributed by atoms with Gasteiger partial charge in [-0.3, -0.25) is 4.79 Å². The predicted molar refractivity (Wildman–Crippen MR) is 99.6 cm³/mol. The summed E-state index contributed by atoms with van der Waals surface area (Å²) in [6.45, 7) is 9.80.